The number of aliphatic hydroxyl groups is 1. The van der Waals surface area contributed by atoms with Crippen molar-refractivity contribution in [1.82, 2.24) is 5.32 Å². The third-order valence-electron chi connectivity index (χ3n) is 4.34. The predicted molar refractivity (Wildman–Crippen MR) is 46.7 cm³/mol. The van der Waals surface area contributed by atoms with Gasteiger partial charge in [0, 0.05) is 6.04 Å². The topological polar surface area (TPSA) is 32.3 Å². The van der Waals surface area contributed by atoms with Crippen LogP contribution in [0.3, 0.4) is 0 Å². The van der Waals surface area contributed by atoms with Crippen LogP contribution in [0.25, 0.3) is 0 Å². The van der Waals surface area contributed by atoms with E-state index in [-0.39, 0.29) is 6.10 Å². The number of hydrogen-bond donors (Lipinski definition) is 2. The Hall–Kier alpha value is -0.0800. The molecule has 0 saturated heterocycles. The maximum absolute atomic E-state index is 9.61. The molecule has 0 spiro atoms. The van der Waals surface area contributed by atoms with Crippen molar-refractivity contribution in [3.05, 3.63) is 0 Å². The molecule has 2 bridgehead atoms. The van der Waals surface area contributed by atoms with E-state index in [0.717, 1.165) is 42.6 Å². The van der Waals surface area contributed by atoms with Gasteiger partial charge in [-0.05, 0) is 50.0 Å². The molecule has 0 heterocycles. The van der Waals surface area contributed by atoms with E-state index in [0.29, 0.717) is 0 Å². The fraction of sp³-hybridized carbons (Fsp3) is 1.00. The molecule has 12 heavy (non-hydrogen) atoms. The van der Waals surface area contributed by atoms with Crippen LogP contribution in [0.1, 0.15) is 19.3 Å². The van der Waals surface area contributed by atoms with Crippen molar-refractivity contribution in [2.24, 2.45) is 23.7 Å². The molecule has 0 aromatic carbocycles. The second kappa shape index (κ2) is 2.24. The molecule has 3 fully saturated rings. The summed E-state index contributed by atoms with van der Waals surface area (Å²) in [5.74, 6) is 3.55. The van der Waals surface area contributed by atoms with Crippen LogP contribution in [0, 0.1) is 23.7 Å². The van der Waals surface area contributed by atoms with Gasteiger partial charge >= 0.3 is 0 Å². The highest BCUT2D eigenvalue weighted by Gasteiger charge is 2.61. The fourth-order valence-electron chi connectivity index (χ4n) is 3.87. The Morgan fingerprint density at radius 3 is 2.08 bits per heavy atom. The molecule has 2 nitrogen and oxygen atoms in total. The smallest absolute Gasteiger partial charge is 0.0547 e. The Kier molecular flexibility index (Phi) is 1.37. The van der Waals surface area contributed by atoms with Gasteiger partial charge < -0.3 is 10.4 Å². The summed E-state index contributed by atoms with van der Waals surface area (Å²) in [5, 5.41) is 13.1. The van der Waals surface area contributed by atoms with Gasteiger partial charge in [0.25, 0.3) is 0 Å². The van der Waals surface area contributed by atoms with Gasteiger partial charge in [-0.25, -0.2) is 0 Å². The molecule has 68 valence electrons. The number of fused-ring (bicyclic) bond motifs is 5. The number of nitrogens with one attached hydrogen (secondary N) is 1. The Balaban J connectivity index is 1.86. The molecular weight excluding hydrogens is 150 g/mol. The molecule has 0 aromatic rings. The lowest BCUT2D eigenvalue weighted by atomic mass is 9.78. The summed E-state index contributed by atoms with van der Waals surface area (Å²) < 4.78 is 0. The van der Waals surface area contributed by atoms with E-state index in [4.69, 9.17) is 0 Å². The molecule has 0 aromatic heterocycles. The van der Waals surface area contributed by atoms with E-state index in [2.05, 4.69) is 12.4 Å². The zero-order valence-corrected chi connectivity index (χ0v) is 7.53. The minimum atomic E-state index is 0.0115. The van der Waals surface area contributed by atoms with Crippen LogP contribution in [0.4, 0.5) is 0 Å². The molecule has 0 radical (unpaired) electrons. The first-order valence-corrected chi connectivity index (χ1v) is 5.16. The van der Waals surface area contributed by atoms with Crippen molar-refractivity contribution in [3.8, 4) is 0 Å². The van der Waals surface area contributed by atoms with Crippen molar-refractivity contribution in [3.63, 3.8) is 0 Å². The van der Waals surface area contributed by atoms with Crippen LogP contribution >= 0.6 is 0 Å². The highest BCUT2D eigenvalue weighted by atomic mass is 16.3. The monoisotopic (exact) mass is 167 g/mol. The van der Waals surface area contributed by atoms with E-state index in [1.807, 2.05) is 0 Å². The summed E-state index contributed by atoms with van der Waals surface area (Å²) in [6.45, 7) is 0. The highest BCUT2D eigenvalue weighted by Crippen LogP contribution is 2.63. The van der Waals surface area contributed by atoms with Gasteiger partial charge in [-0.1, -0.05) is 0 Å². The second-order valence-corrected chi connectivity index (χ2v) is 4.83. The Bertz CT molecular complexity index is 188. The average Bonchev–Trinajstić information content (AvgIpc) is 2.77. The molecule has 3 unspecified atom stereocenters. The predicted octanol–water partition coefficient (Wildman–Crippen LogP) is 0.611. The lowest BCUT2D eigenvalue weighted by molar-refractivity contribution is 0.0614. The molecule has 0 amide bonds. The van der Waals surface area contributed by atoms with Crippen molar-refractivity contribution in [2.45, 2.75) is 31.4 Å². The van der Waals surface area contributed by atoms with Crippen LogP contribution < -0.4 is 5.32 Å². The van der Waals surface area contributed by atoms with Gasteiger partial charge in [0.05, 0.1) is 6.10 Å². The van der Waals surface area contributed by atoms with Crippen molar-refractivity contribution in [2.75, 3.05) is 7.05 Å². The maximum Gasteiger partial charge on any atom is 0.0547 e. The molecule has 3 rings (SSSR count). The summed E-state index contributed by atoms with van der Waals surface area (Å²) in [6, 6.07) is 0.733. The third-order valence-corrected chi connectivity index (χ3v) is 4.34. The summed E-state index contributed by atoms with van der Waals surface area (Å²) in [6.07, 6.45) is 3.59. The summed E-state index contributed by atoms with van der Waals surface area (Å²) in [5.41, 5.74) is 0. The number of hydrogen-bond acceptors (Lipinski definition) is 2. The Morgan fingerprint density at radius 2 is 1.58 bits per heavy atom. The lowest BCUT2D eigenvalue weighted by Crippen LogP contribution is -2.44. The molecule has 3 aliphatic rings. The van der Waals surface area contributed by atoms with Crippen LogP contribution in [0.15, 0.2) is 0 Å². The van der Waals surface area contributed by atoms with E-state index < -0.39 is 0 Å². The quantitative estimate of drug-likeness (QED) is 0.600. The second-order valence-electron chi connectivity index (χ2n) is 4.83. The van der Waals surface area contributed by atoms with Crippen LogP contribution in [-0.4, -0.2) is 24.3 Å². The zero-order valence-electron chi connectivity index (χ0n) is 7.53. The van der Waals surface area contributed by atoms with Crippen LogP contribution in [0.2, 0.25) is 0 Å². The first-order chi connectivity index (χ1) is 5.81. The fourth-order valence-corrected chi connectivity index (χ4v) is 3.87. The SMILES string of the molecule is CN[C@@H]1C2CC(O)CC1[C@@H]1C[C@H]21. The normalized spacial score (nSPS) is 61.5. The van der Waals surface area contributed by atoms with E-state index >= 15 is 0 Å². The largest absolute Gasteiger partial charge is 0.393 e. The first-order valence-electron chi connectivity index (χ1n) is 5.16. The molecule has 3 saturated carbocycles. The molecule has 2 N–H and O–H groups in total. The highest BCUT2D eigenvalue weighted by molar-refractivity contribution is 5.12. The van der Waals surface area contributed by atoms with Crippen LogP contribution in [0.5, 0.6) is 0 Å². The van der Waals surface area contributed by atoms with Crippen molar-refractivity contribution >= 4 is 0 Å². The van der Waals surface area contributed by atoms with Crippen molar-refractivity contribution < 1.29 is 5.11 Å². The van der Waals surface area contributed by atoms with Gasteiger partial charge in [0.1, 0.15) is 0 Å². The first kappa shape index (κ1) is 7.34. The third kappa shape index (κ3) is 0.775. The van der Waals surface area contributed by atoms with E-state index in [1.165, 1.54) is 6.42 Å². The van der Waals surface area contributed by atoms with Gasteiger partial charge in [-0.15, -0.1) is 0 Å². The lowest BCUT2D eigenvalue weighted by Gasteiger charge is -2.35. The molecule has 0 aliphatic heterocycles. The van der Waals surface area contributed by atoms with Gasteiger partial charge in [-0.3, -0.25) is 0 Å². The van der Waals surface area contributed by atoms with Gasteiger partial charge in [-0.2, -0.15) is 0 Å². The van der Waals surface area contributed by atoms with Crippen LogP contribution in [-0.2, 0) is 0 Å². The summed E-state index contributed by atoms with van der Waals surface area (Å²) >= 11 is 0. The minimum Gasteiger partial charge on any atom is -0.393 e. The zero-order chi connectivity index (χ0) is 8.29. The van der Waals surface area contributed by atoms with E-state index in [1.54, 1.807) is 0 Å². The van der Waals surface area contributed by atoms with E-state index in [9.17, 15) is 5.11 Å². The molecule has 2 heteroatoms. The van der Waals surface area contributed by atoms with Crippen molar-refractivity contribution in [1.29, 1.82) is 0 Å². The standard InChI is InChI=1S/C10H17NO/c1-11-10-8-2-5(12)3-9(10)7-4-6(7)8/h5-12H,2-4H2,1H3/t5?,6-,7+,8?,9?,10+. The summed E-state index contributed by atoms with van der Waals surface area (Å²) in [7, 11) is 2.08. The number of rotatable bonds is 1. The maximum atomic E-state index is 9.61. The molecule has 3 aliphatic carbocycles. The Morgan fingerprint density at radius 1 is 1.00 bits per heavy atom. The number of aliphatic hydroxyl groups excluding tert-OH is 1. The average molecular weight is 167 g/mol. The Labute approximate surface area is 73.4 Å². The summed E-state index contributed by atoms with van der Waals surface area (Å²) in [4.78, 5) is 0. The van der Waals surface area contributed by atoms with Gasteiger partial charge in [0.2, 0.25) is 0 Å². The molecular formula is C10H17NO. The van der Waals surface area contributed by atoms with Gasteiger partial charge in [0.15, 0.2) is 0 Å². The minimum absolute atomic E-state index is 0.0115. The molecule has 6 atom stereocenters.